The fourth-order valence-electron chi connectivity index (χ4n) is 1.22. The molecule has 0 aliphatic rings. The summed E-state index contributed by atoms with van der Waals surface area (Å²) in [6, 6.07) is 7.55. The minimum atomic E-state index is -0.166. The third-order valence-electron chi connectivity index (χ3n) is 2.06. The van der Waals surface area contributed by atoms with Gasteiger partial charge in [-0.2, -0.15) is 5.26 Å². The zero-order valence-electron chi connectivity index (χ0n) is 10.2. The summed E-state index contributed by atoms with van der Waals surface area (Å²) in [5.74, 6) is 0.595. The standard InChI is InChI=1S/C13H17NO2/c1-13(2,3)16-9-10-5-6-11(8-14)12(7-10)15-4/h5-7H,9H2,1-4H3. The third-order valence-corrected chi connectivity index (χ3v) is 2.06. The molecule has 0 radical (unpaired) electrons. The quantitative estimate of drug-likeness (QED) is 0.785. The van der Waals surface area contributed by atoms with Crippen LogP contribution in [0.4, 0.5) is 0 Å². The Bertz CT molecular complexity index is 399. The summed E-state index contributed by atoms with van der Waals surface area (Å²) in [4.78, 5) is 0. The number of benzene rings is 1. The van der Waals surface area contributed by atoms with Crippen molar-refractivity contribution in [1.29, 1.82) is 5.26 Å². The number of nitrogens with zero attached hydrogens (tertiary/aromatic N) is 1. The van der Waals surface area contributed by atoms with Crippen LogP contribution in [0.3, 0.4) is 0 Å². The van der Waals surface area contributed by atoms with Gasteiger partial charge in [0.25, 0.3) is 0 Å². The van der Waals surface area contributed by atoms with Crippen LogP contribution in [0.15, 0.2) is 18.2 Å². The molecule has 0 amide bonds. The van der Waals surface area contributed by atoms with Gasteiger partial charge in [0.15, 0.2) is 0 Å². The highest BCUT2D eigenvalue weighted by Crippen LogP contribution is 2.21. The van der Waals surface area contributed by atoms with Crippen LogP contribution in [-0.4, -0.2) is 12.7 Å². The lowest BCUT2D eigenvalue weighted by Crippen LogP contribution is -2.18. The first-order valence-corrected chi connectivity index (χ1v) is 5.17. The Balaban J connectivity index is 2.80. The molecular weight excluding hydrogens is 202 g/mol. The van der Waals surface area contributed by atoms with Gasteiger partial charge < -0.3 is 9.47 Å². The van der Waals surface area contributed by atoms with Gasteiger partial charge in [0.1, 0.15) is 11.8 Å². The number of methoxy groups -OCH3 is 1. The molecule has 0 bridgehead atoms. The van der Waals surface area contributed by atoms with Crippen molar-refractivity contribution in [3.8, 4) is 11.8 Å². The van der Waals surface area contributed by atoms with Gasteiger partial charge in [-0.15, -0.1) is 0 Å². The van der Waals surface area contributed by atoms with Crippen molar-refractivity contribution in [2.45, 2.75) is 33.0 Å². The topological polar surface area (TPSA) is 42.2 Å². The molecule has 0 unspecified atom stereocenters. The molecule has 0 saturated carbocycles. The maximum Gasteiger partial charge on any atom is 0.136 e. The van der Waals surface area contributed by atoms with E-state index in [9.17, 15) is 0 Å². The van der Waals surface area contributed by atoms with E-state index in [1.807, 2.05) is 32.9 Å². The molecule has 0 aliphatic heterocycles. The van der Waals surface area contributed by atoms with E-state index in [0.29, 0.717) is 17.9 Å². The van der Waals surface area contributed by atoms with Crippen molar-refractivity contribution in [2.75, 3.05) is 7.11 Å². The number of nitriles is 1. The van der Waals surface area contributed by atoms with Crippen LogP contribution >= 0.6 is 0 Å². The first kappa shape index (κ1) is 12.5. The normalized spacial score (nSPS) is 10.9. The molecule has 3 nitrogen and oxygen atoms in total. The minimum absolute atomic E-state index is 0.166. The molecule has 0 atom stereocenters. The van der Waals surface area contributed by atoms with E-state index in [0.717, 1.165) is 5.56 Å². The van der Waals surface area contributed by atoms with Crippen molar-refractivity contribution in [1.82, 2.24) is 0 Å². The molecule has 0 aromatic heterocycles. The summed E-state index contributed by atoms with van der Waals surface area (Å²) in [7, 11) is 1.56. The Labute approximate surface area is 96.6 Å². The second-order valence-corrected chi connectivity index (χ2v) is 4.55. The van der Waals surface area contributed by atoms with Crippen LogP contribution in [0.1, 0.15) is 31.9 Å². The van der Waals surface area contributed by atoms with Gasteiger partial charge in [-0.25, -0.2) is 0 Å². The maximum atomic E-state index is 8.84. The van der Waals surface area contributed by atoms with E-state index in [-0.39, 0.29) is 5.60 Å². The number of hydrogen-bond donors (Lipinski definition) is 0. The number of rotatable bonds is 3. The van der Waals surface area contributed by atoms with Crippen molar-refractivity contribution in [2.24, 2.45) is 0 Å². The molecule has 0 fully saturated rings. The molecule has 3 heteroatoms. The Morgan fingerprint density at radius 2 is 2.00 bits per heavy atom. The van der Waals surface area contributed by atoms with Gasteiger partial charge in [-0.3, -0.25) is 0 Å². The largest absolute Gasteiger partial charge is 0.495 e. The lowest BCUT2D eigenvalue weighted by Gasteiger charge is -2.19. The molecule has 0 saturated heterocycles. The maximum absolute atomic E-state index is 8.84. The first-order chi connectivity index (χ1) is 7.46. The molecule has 1 aromatic rings. The van der Waals surface area contributed by atoms with Gasteiger partial charge in [0.2, 0.25) is 0 Å². The zero-order chi connectivity index (χ0) is 12.2. The Hall–Kier alpha value is -1.53. The molecule has 1 rings (SSSR count). The molecule has 0 heterocycles. The average Bonchev–Trinajstić information content (AvgIpc) is 2.25. The van der Waals surface area contributed by atoms with Gasteiger partial charge in [-0.05, 0) is 38.5 Å². The van der Waals surface area contributed by atoms with Crippen LogP contribution in [-0.2, 0) is 11.3 Å². The number of ether oxygens (including phenoxy) is 2. The van der Waals surface area contributed by atoms with Gasteiger partial charge >= 0.3 is 0 Å². The highest BCUT2D eigenvalue weighted by Gasteiger charge is 2.11. The fourth-order valence-corrected chi connectivity index (χ4v) is 1.22. The molecule has 0 N–H and O–H groups in total. The third kappa shape index (κ3) is 3.56. The van der Waals surface area contributed by atoms with Crippen LogP contribution in [0.25, 0.3) is 0 Å². The molecule has 16 heavy (non-hydrogen) atoms. The minimum Gasteiger partial charge on any atom is -0.495 e. The predicted octanol–water partition coefficient (Wildman–Crippen LogP) is 2.88. The molecular formula is C13H17NO2. The lowest BCUT2D eigenvalue weighted by molar-refractivity contribution is -0.0150. The Morgan fingerprint density at radius 3 is 2.50 bits per heavy atom. The molecule has 1 aromatic carbocycles. The highest BCUT2D eigenvalue weighted by atomic mass is 16.5. The molecule has 0 aliphatic carbocycles. The molecule has 86 valence electrons. The Morgan fingerprint density at radius 1 is 1.31 bits per heavy atom. The Kier molecular flexibility index (Phi) is 3.92. The monoisotopic (exact) mass is 219 g/mol. The van der Waals surface area contributed by atoms with Gasteiger partial charge in [0.05, 0.1) is 24.9 Å². The smallest absolute Gasteiger partial charge is 0.136 e. The van der Waals surface area contributed by atoms with Crippen LogP contribution in [0.2, 0.25) is 0 Å². The second kappa shape index (κ2) is 5.00. The van der Waals surface area contributed by atoms with Crippen molar-refractivity contribution < 1.29 is 9.47 Å². The van der Waals surface area contributed by atoms with E-state index < -0.39 is 0 Å². The van der Waals surface area contributed by atoms with E-state index in [1.165, 1.54) is 0 Å². The van der Waals surface area contributed by atoms with Crippen molar-refractivity contribution in [3.05, 3.63) is 29.3 Å². The van der Waals surface area contributed by atoms with E-state index >= 15 is 0 Å². The van der Waals surface area contributed by atoms with Gasteiger partial charge in [0, 0.05) is 0 Å². The second-order valence-electron chi connectivity index (χ2n) is 4.55. The highest BCUT2D eigenvalue weighted by molar-refractivity contribution is 5.45. The lowest BCUT2D eigenvalue weighted by atomic mass is 10.1. The summed E-state index contributed by atoms with van der Waals surface area (Å²) in [6.07, 6.45) is 0. The van der Waals surface area contributed by atoms with E-state index in [2.05, 4.69) is 6.07 Å². The summed E-state index contributed by atoms with van der Waals surface area (Å²) in [5, 5.41) is 8.84. The van der Waals surface area contributed by atoms with E-state index in [1.54, 1.807) is 13.2 Å². The number of hydrogen-bond acceptors (Lipinski definition) is 3. The predicted molar refractivity (Wildman–Crippen MR) is 62.3 cm³/mol. The van der Waals surface area contributed by atoms with Crippen LogP contribution < -0.4 is 4.74 Å². The summed E-state index contributed by atoms with van der Waals surface area (Å²) in [6.45, 7) is 6.54. The van der Waals surface area contributed by atoms with Gasteiger partial charge in [-0.1, -0.05) is 6.07 Å². The van der Waals surface area contributed by atoms with Crippen molar-refractivity contribution in [3.63, 3.8) is 0 Å². The van der Waals surface area contributed by atoms with Crippen LogP contribution in [0.5, 0.6) is 5.75 Å². The summed E-state index contributed by atoms with van der Waals surface area (Å²) >= 11 is 0. The molecule has 0 spiro atoms. The summed E-state index contributed by atoms with van der Waals surface area (Å²) in [5.41, 5.74) is 1.38. The summed E-state index contributed by atoms with van der Waals surface area (Å²) < 4.78 is 10.8. The van der Waals surface area contributed by atoms with Crippen molar-refractivity contribution >= 4 is 0 Å². The van der Waals surface area contributed by atoms with E-state index in [4.69, 9.17) is 14.7 Å². The average molecular weight is 219 g/mol. The first-order valence-electron chi connectivity index (χ1n) is 5.17. The van der Waals surface area contributed by atoms with Crippen LogP contribution in [0, 0.1) is 11.3 Å². The zero-order valence-corrected chi connectivity index (χ0v) is 10.2. The fraction of sp³-hybridized carbons (Fsp3) is 0.462. The SMILES string of the molecule is COc1cc(COC(C)(C)C)ccc1C#N.